The Bertz CT molecular complexity index is 1400. The van der Waals surface area contributed by atoms with Crippen molar-refractivity contribution in [3.05, 3.63) is 106 Å². The molecule has 7 nitrogen and oxygen atoms in total. The first-order chi connectivity index (χ1) is 16.9. The van der Waals surface area contributed by atoms with Crippen LogP contribution in [0.5, 0.6) is 11.5 Å². The number of amides is 1. The number of carbonyl (C=O) groups excluding carboxylic acids is 1. The fourth-order valence-electron chi connectivity index (χ4n) is 3.45. The quantitative estimate of drug-likeness (QED) is 0.377. The zero-order valence-corrected chi connectivity index (χ0v) is 19.6. The van der Waals surface area contributed by atoms with Crippen LogP contribution in [-0.2, 0) is 0 Å². The normalized spacial score (nSPS) is 10.8. The predicted octanol–water partition coefficient (Wildman–Crippen LogP) is 5.39. The minimum atomic E-state index is -0.482. The number of halogens is 1. The van der Waals surface area contributed by atoms with Crippen molar-refractivity contribution < 1.29 is 13.9 Å². The lowest BCUT2D eigenvalue weighted by Crippen LogP contribution is -2.24. The summed E-state index contributed by atoms with van der Waals surface area (Å²) in [6, 6.07) is 19.8. The molecule has 0 spiro atoms. The molecule has 2 N–H and O–H groups in total. The van der Waals surface area contributed by atoms with Crippen LogP contribution in [0.3, 0.4) is 0 Å². The van der Waals surface area contributed by atoms with Gasteiger partial charge < -0.3 is 15.4 Å². The molecule has 8 heteroatoms. The van der Waals surface area contributed by atoms with Gasteiger partial charge in [0.1, 0.15) is 11.6 Å². The first-order valence-electron chi connectivity index (χ1n) is 11.1. The second-order valence-corrected chi connectivity index (χ2v) is 8.19. The van der Waals surface area contributed by atoms with E-state index in [1.807, 2.05) is 18.2 Å². The maximum atomic E-state index is 13.5. The highest BCUT2D eigenvalue weighted by atomic mass is 19.1. The van der Waals surface area contributed by atoms with E-state index in [-0.39, 0.29) is 17.3 Å². The van der Waals surface area contributed by atoms with Gasteiger partial charge in [-0.3, -0.25) is 9.59 Å². The monoisotopic (exact) mass is 472 g/mol. The van der Waals surface area contributed by atoms with Crippen LogP contribution in [0.4, 0.5) is 15.8 Å². The summed E-state index contributed by atoms with van der Waals surface area (Å²) in [5.41, 5.74) is 2.22. The molecule has 1 heterocycles. The van der Waals surface area contributed by atoms with E-state index in [0.717, 1.165) is 10.2 Å². The molecule has 0 aliphatic carbocycles. The van der Waals surface area contributed by atoms with Crippen LogP contribution in [0.2, 0.25) is 0 Å². The Morgan fingerprint density at radius 3 is 2.40 bits per heavy atom. The van der Waals surface area contributed by atoms with Gasteiger partial charge in [0.25, 0.3) is 11.5 Å². The van der Waals surface area contributed by atoms with Gasteiger partial charge in [-0.25, -0.2) is 4.39 Å². The van der Waals surface area contributed by atoms with E-state index >= 15 is 0 Å². The summed E-state index contributed by atoms with van der Waals surface area (Å²) >= 11 is 0. The van der Waals surface area contributed by atoms with Gasteiger partial charge in [-0.2, -0.15) is 9.78 Å². The molecule has 1 amide bonds. The number of nitrogens with one attached hydrogen (secondary N) is 2. The Morgan fingerprint density at radius 2 is 1.74 bits per heavy atom. The minimum Gasteiger partial charge on any atom is -0.453 e. The van der Waals surface area contributed by atoms with Crippen molar-refractivity contribution >= 4 is 17.3 Å². The van der Waals surface area contributed by atoms with Crippen molar-refractivity contribution in [2.45, 2.75) is 19.8 Å². The fourth-order valence-corrected chi connectivity index (χ4v) is 3.45. The Kier molecular flexibility index (Phi) is 6.91. The summed E-state index contributed by atoms with van der Waals surface area (Å²) in [5.74, 6) is 0.466. The third-order valence-corrected chi connectivity index (χ3v) is 5.41. The summed E-state index contributed by atoms with van der Waals surface area (Å²) in [5, 5.41) is 9.92. The Hall–Kier alpha value is -4.46. The molecule has 0 atom stereocenters. The van der Waals surface area contributed by atoms with E-state index in [4.69, 9.17) is 4.74 Å². The smallest absolute Gasteiger partial charge is 0.299 e. The van der Waals surface area contributed by atoms with Crippen LogP contribution in [0.25, 0.3) is 5.69 Å². The second-order valence-electron chi connectivity index (χ2n) is 8.19. The zero-order chi connectivity index (χ0) is 24.9. The van der Waals surface area contributed by atoms with Crippen molar-refractivity contribution in [1.29, 1.82) is 0 Å². The molecule has 3 aromatic carbocycles. The zero-order valence-electron chi connectivity index (χ0n) is 19.6. The number of hydrogen-bond donors (Lipinski definition) is 2. The van der Waals surface area contributed by atoms with E-state index in [1.165, 1.54) is 30.5 Å². The van der Waals surface area contributed by atoms with Gasteiger partial charge in [0.05, 0.1) is 11.9 Å². The van der Waals surface area contributed by atoms with E-state index in [1.54, 1.807) is 37.4 Å². The number of hydrogen-bond acceptors (Lipinski definition) is 5. The standard InChI is InChI=1S/C27H25FN4O3/c1-17(2)19-5-4-6-23(15-19)35-24-16-30-32(22-13-9-20(28)10-14-22)27(34)25(24)31-21-11-7-18(8-12-21)26(33)29-3/h4-17,31H,1-3H3,(H,29,33). The van der Waals surface area contributed by atoms with E-state index in [0.29, 0.717) is 28.6 Å². The molecule has 4 rings (SSSR count). The van der Waals surface area contributed by atoms with Crippen molar-refractivity contribution in [2.24, 2.45) is 0 Å². The molecule has 0 aliphatic rings. The largest absolute Gasteiger partial charge is 0.453 e. The van der Waals surface area contributed by atoms with Crippen molar-refractivity contribution in [3.8, 4) is 17.2 Å². The molecule has 0 aliphatic heterocycles. The molecule has 0 radical (unpaired) electrons. The number of anilines is 2. The van der Waals surface area contributed by atoms with Crippen LogP contribution in [0.1, 0.15) is 35.7 Å². The molecule has 0 bridgehead atoms. The lowest BCUT2D eigenvalue weighted by atomic mass is 10.0. The van der Waals surface area contributed by atoms with Gasteiger partial charge in [0.15, 0.2) is 11.4 Å². The van der Waals surface area contributed by atoms with Crippen molar-refractivity contribution in [1.82, 2.24) is 15.1 Å². The Balaban J connectivity index is 1.76. The predicted molar refractivity (Wildman–Crippen MR) is 134 cm³/mol. The van der Waals surface area contributed by atoms with Gasteiger partial charge >= 0.3 is 0 Å². The summed E-state index contributed by atoms with van der Waals surface area (Å²) in [7, 11) is 1.56. The summed E-state index contributed by atoms with van der Waals surface area (Å²) in [6.07, 6.45) is 1.44. The summed E-state index contributed by atoms with van der Waals surface area (Å²) in [4.78, 5) is 25.3. The number of carbonyl (C=O) groups is 1. The number of nitrogens with zero attached hydrogens (tertiary/aromatic N) is 2. The fraction of sp³-hybridized carbons (Fsp3) is 0.148. The van der Waals surface area contributed by atoms with Crippen molar-refractivity contribution in [2.75, 3.05) is 12.4 Å². The molecule has 0 saturated carbocycles. The highest BCUT2D eigenvalue weighted by Crippen LogP contribution is 2.30. The SMILES string of the molecule is CNC(=O)c1ccc(Nc2c(Oc3cccc(C(C)C)c3)cnn(-c3ccc(F)cc3)c2=O)cc1. The Labute approximate surface area is 202 Å². The second kappa shape index (κ2) is 10.2. The maximum Gasteiger partial charge on any atom is 0.299 e. The van der Waals surface area contributed by atoms with Gasteiger partial charge in [-0.15, -0.1) is 0 Å². The summed E-state index contributed by atoms with van der Waals surface area (Å²) < 4.78 is 20.7. The lowest BCUT2D eigenvalue weighted by molar-refractivity contribution is 0.0963. The van der Waals surface area contributed by atoms with Gasteiger partial charge in [0, 0.05) is 18.3 Å². The number of rotatable bonds is 7. The lowest BCUT2D eigenvalue weighted by Gasteiger charge is -2.15. The van der Waals surface area contributed by atoms with Gasteiger partial charge in [-0.05, 0) is 72.1 Å². The van der Waals surface area contributed by atoms with E-state index in [2.05, 4.69) is 29.6 Å². The van der Waals surface area contributed by atoms with Crippen LogP contribution >= 0.6 is 0 Å². The highest BCUT2D eigenvalue weighted by molar-refractivity contribution is 5.94. The van der Waals surface area contributed by atoms with Crippen LogP contribution < -0.4 is 20.9 Å². The first kappa shape index (κ1) is 23.7. The minimum absolute atomic E-state index is 0.145. The third kappa shape index (κ3) is 5.38. The van der Waals surface area contributed by atoms with Crippen molar-refractivity contribution in [3.63, 3.8) is 0 Å². The van der Waals surface area contributed by atoms with E-state index in [9.17, 15) is 14.0 Å². The van der Waals surface area contributed by atoms with Crippen LogP contribution in [0, 0.1) is 5.82 Å². The average Bonchev–Trinajstić information content (AvgIpc) is 2.87. The summed E-state index contributed by atoms with van der Waals surface area (Å²) in [6.45, 7) is 4.17. The molecular weight excluding hydrogens is 447 g/mol. The highest BCUT2D eigenvalue weighted by Gasteiger charge is 2.16. The van der Waals surface area contributed by atoms with Gasteiger partial charge in [-0.1, -0.05) is 26.0 Å². The Morgan fingerprint density at radius 1 is 1.03 bits per heavy atom. The molecule has 178 valence electrons. The number of ether oxygens (including phenoxy) is 1. The number of benzene rings is 3. The molecule has 0 fully saturated rings. The molecule has 35 heavy (non-hydrogen) atoms. The molecule has 0 unspecified atom stereocenters. The first-order valence-corrected chi connectivity index (χ1v) is 11.1. The molecule has 1 aromatic heterocycles. The third-order valence-electron chi connectivity index (χ3n) is 5.41. The number of aromatic nitrogens is 2. The van der Waals surface area contributed by atoms with E-state index < -0.39 is 11.4 Å². The van der Waals surface area contributed by atoms with Crippen LogP contribution in [-0.4, -0.2) is 22.7 Å². The van der Waals surface area contributed by atoms with Crippen LogP contribution in [0.15, 0.2) is 83.8 Å². The van der Waals surface area contributed by atoms with Gasteiger partial charge in [0.2, 0.25) is 0 Å². The molecule has 4 aromatic rings. The topological polar surface area (TPSA) is 85.2 Å². The molecular formula is C27H25FN4O3. The maximum absolute atomic E-state index is 13.5. The molecule has 0 saturated heterocycles. The average molecular weight is 473 g/mol.